The van der Waals surface area contributed by atoms with Gasteiger partial charge in [-0.25, -0.2) is 9.59 Å². The molecule has 16 heteroatoms. The Morgan fingerprint density at radius 3 is 1.82 bits per heavy atom. The highest BCUT2D eigenvalue weighted by Gasteiger charge is 2.54. The summed E-state index contributed by atoms with van der Waals surface area (Å²) in [7, 11) is 0. The Kier molecular flexibility index (Phi) is 15.0. The zero-order chi connectivity index (χ0) is 37.1. The molecule has 1 fully saturated rings. The molecule has 0 bridgehead atoms. The van der Waals surface area contributed by atoms with E-state index in [0.717, 1.165) is 27.7 Å². The molecule has 1 aliphatic heterocycles. The summed E-state index contributed by atoms with van der Waals surface area (Å²) < 4.78 is 37.8. The molecule has 0 spiro atoms. The minimum atomic E-state index is -1.83. The lowest BCUT2D eigenvalue weighted by Gasteiger charge is -2.43. The molecule has 0 aromatic heterocycles. The lowest BCUT2D eigenvalue weighted by molar-refractivity contribution is -0.294. The van der Waals surface area contributed by atoms with Crippen LogP contribution in [0.1, 0.15) is 67.9 Å². The molecule has 2 amide bonds. The summed E-state index contributed by atoms with van der Waals surface area (Å²) in [6, 6.07) is 6.30. The lowest BCUT2D eigenvalue weighted by atomic mass is 9.98. The molecule has 272 valence electrons. The van der Waals surface area contributed by atoms with Crippen LogP contribution < -0.4 is 10.6 Å². The quantitative estimate of drug-likeness (QED) is 0.223. The number of hydrogen-bond acceptors (Lipinski definition) is 14. The van der Waals surface area contributed by atoms with Gasteiger partial charge in [-0.05, 0) is 32.3 Å². The zero-order valence-electron chi connectivity index (χ0n) is 29.1. The number of hydrogen-bond donors (Lipinski definition) is 2. The molecule has 1 aromatic carbocycles. The number of alkyl carbamates (subject to hydrolysis) is 1. The van der Waals surface area contributed by atoms with Gasteiger partial charge in [0.25, 0.3) is 0 Å². The summed E-state index contributed by atoms with van der Waals surface area (Å²) in [5.41, 5.74) is -0.182. The van der Waals surface area contributed by atoms with Crippen molar-refractivity contribution in [3.8, 4) is 0 Å². The van der Waals surface area contributed by atoms with Crippen LogP contribution in [-0.2, 0) is 68.3 Å². The number of esters is 5. The second kappa shape index (κ2) is 18.1. The third-order valence-electron chi connectivity index (χ3n) is 6.69. The maximum Gasteiger partial charge on any atom is 0.410 e. The zero-order valence-corrected chi connectivity index (χ0v) is 29.1. The van der Waals surface area contributed by atoms with Crippen molar-refractivity contribution in [2.24, 2.45) is 5.92 Å². The van der Waals surface area contributed by atoms with Gasteiger partial charge in [-0.1, -0.05) is 44.2 Å². The van der Waals surface area contributed by atoms with E-state index in [9.17, 15) is 33.6 Å². The molecule has 0 aliphatic carbocycles. The van der Waals surface area contributed by atoms with Crippen LogP contribution in [0, 0.1) is 5.92 Å². The number of carbonyl (C=O) groups excluding carboxylic acids is 7. The molecule has 16 nitrogen and oxygen atoms in total. The minimum Gasteiger partial charge on any atom is -0.463 e. The summed E-state index contributed by atoms with van der Waals surface area (Å²) in [4.78, 5) is 87.9. The number of rotatable bonds is 13. The van der Waals surface area contributed by atoms with Gasteiger partial charge in [-0.3, -0.25) is 24.0 Å². The van der Waals surface area contributed by atoms with Gasteiger partial charge in [0, 0.05) is 34.1 Å². The number of amides is 2. The first kappa shape index (κ1) is 40.4. The summed E-state index contributed by atoms with van der Waals surface area (Å²) in [6.07, 6.45) is -9.21. The second-order valence-corrected chi connectivity index (χ2v) is 12.6. The molecule has 2 rings (SSSR count). The van der Waals surface area contributed by atoms with Crippen molar-refractivity contribution in [3.63, 3.8) is 0 Å². The van der Waals surface area contributed by atoms with Crippen LogP contribution in [0.4, 0.5) is 4.79 Å². The summed E-state index contributed by atoms with van der Waals surface area (Å²) in [5.74, 6) is -5.14. The monoisotopic (exact) mass is 694 g/mol. The molecule has 0 radical (unpaired) electrons. The van der Waals surface area contributed by atoms with Crippen LogP contribution in [0.25, 0.3) is 0 Å². The van der Waals surface area contributed by atoms with Gasteiger partial charge < -0.3 is 43.8 Å². The highest BCUT2D eigenvalue weighted by Crippen LogP contribution is 2.30. The first-order chi connectivity index (χ1) is 22.8. The molecule has 0 unspecified atom stereocenters. The van der Waals surface area contributed by atoms with Crippen molar-refractivity contribution >= 4 is 41.8 Å². The van der Waals surface area contributed by atoms with Gasteiger partial charge in [-0.15, -0.1) is 0 Å². The number of nitrogens with one attached hydrogen (secondary N) is 2. The normalized spacial score (nSPS) is 21.6. The Bertz CT molecular complexity index is 1340. The topological polar surface area (TPSA) is 208 Å². The lowest BCUT2D eigenvalue weighted by Crippen LogP contribution is -2.63. The molecular formula is C33H46N2O14. The number of ether oxygens (including phenoxy) is 7. The maximum atomic E-state index is 13.6. The molecule has 1 saturated heterocycles. The van der Waals surface area contributed by atoms with Crippen LogP contribution in [0.2, 0.25) is 0 Å². The number of benzene rings is 1. The second-order valence-electron chi connectivity index (χ2n) is 12.6. The Labute approximate surface area is 284 Å². The predicted molar refractivity (Wildman–Crippen MR) is 168 cm³/mol. The molecular weight excluding hydrogens is 648 g/mol. The van der Waals surface area contributed by atoms with Crippen molar-refractivity contribution in [2.75, 3.05) is 6.61 Å². The van der Waals surface area contributed by atoms with E-state index in [2.05, 4.69) is 10.6 Å². The first-order valence-corrected chi connectivity index (χ1v) is 15.6. The van der Waals surface area contributed by atoms with Gasteiger partial charge in [0.1, 0.15) is 30.4 Å². The van der Waals surface area contributed by atoms with E-state index in [1.54, 1.807) is 65.0 Å². The Morgan fingerprint density at radius 1 is 0.755 bits per heavy atom. The SMILES string of the molecule is CC(=O)OC[C@H]1O[C@@H](OC(=O)N[C@@H](Cc2ccccc2)C(=O)N[C@H](C(=O)OC(C)(C)C)C(C)C)[C@H](OC(C)=O)[C@@H](OC(C)=O)[C@H]1OC(C)=O. The van der Waals surface area contributed by atoms with Gasteiger partial charge >= 0.3 is 35.9 Å². The Balaban J connectivity index is 2.44. The minimum absolute atomic E-state index is 0.0422. The number of carbonyl (C=O) groups is 7. The smallest absolute Gasteiger partial charge is 0.410 e. The largest absolute Gasteiger partial charge is 0.463 e. The van der Waals surface area contributed by atoms with Crippen molar-refractivity contribution < 1.29 is 66.7 Å². The summed E-state index contributed by atoms with van der Waals surface area (Å²) in [6.45, 7) is 12.2. The fraction of sp³-hybridized carbons (Fsp3) is 0.606. The highest BCUT2D eigenvalue weighted by atomic mass is 16.8. The summed E-state index contributed by atoms with van der Waals surface area (Å²) in [5, 5.41) is 5.11. The standard InChI is InChI=1S/C33H46N2O14/c1-17(2)25(30(41)49-33(7,8)9)35-29(40)23(15-22-13-11-10-12-14-22)34-32(42)48-31-28(46-21(6)39)27(45-20(5)38)26(44-19(4)37)24(47-31)16-43-18(3)36/h10-14,17,23-28,31H,15-16H2,1-9H3,(H,34,42)(H,35,40)/t23-,24+,25-,26-,27-,28+,31-/m0/s1. The summed E-state index contributed by atoms with van der Waals surface area (Å²) >= 11 is 0. The van der Waals surface area contributed by atoms with Crippen LogP contribution >= 0.6 is 0 Å². The maximum absolute atomic E-state index is 13.6. The van der Waals surface area contributed by atoms with E-state index < -0.39 is 96.8 Å². The molecule has 1 heterocycles. The fourth-order valence-corrected chi connectivity index (χ4v) is 4.74. The van der Waals surface area contributed by atoms with Crippen molar-refractivity contribution in [1.29, 1.82) is 0 Å². The average molecular weight is 695 g/mol. The first-order valence-electron chi connectivity index (χ1n) is 15.6. The molecule has 1 aliphatic rings. The van der Waals surface area contributed by atoms with Crippen LogP contribution in [0.5, 0.6) is 0 Å². The van der Waals surface area contributed by atoms with Crippen molar-refractivity contribution in [1.82, 2.24) is 10.6 Å². The van der Waals surface area contributed by atoms with E-state index >= 15 is 0 Å². The molecule has 49 heavy (non-hydrogen) atoms. The third-order valence-corrected chi connectivity index (χ3v) is 6.69. The third kappa shape index (κ3) is 13.7. The Hall–Kier alpha value is -4.73. The average Bonchev–Trinajstić information content (AvgIpc) is 2.96. The fourth-order valence-electron chi connectivity index (χ4n) is 4.74. The van der Waals surface area contributed by atoms with Crippen LogP contribution in [-0.4, -0.2) is 96.8 Å². The van der Waals surface area contributed by atoms with Gasteiger partial charge in [0.05, 0.1) is 0 Å². The molecule has 1 aromatic rings. The molecule has 2 N–H and O–H groups in total. The van der Waals surface area contributed by atoms with E-state index in [0.29, 0.717) is 5.56 Å². The van der Waals surface area contributed by atoms with E-state index in [4.69, 9.17) is 33.2 Å². The van der Waals surface area contributed by atoms with E-state index in [1.807, 2.05) is 0 Å². The van der Waals surface area contributed by atoms with Crippen molar-refractivity contribution in [3.05, 3.63) is 35.9 Å². The van der Waals surface area contributed by atoms with Crippen LogP contribution in [0.3, 0.4) is 0 Å². The highest BCUT2D eigenvalue weighted by molar-refractivity contribution is 5.90. The van der Waals surface area contributed by atoms with Gasteiger partial charge in [0.2, 0.25) is 18.3 Å². The van der Waals surface area contributed by atoms with Gasteiger partial charge in [0.15, 0.2) is 12.2 Å². The van der Waals surface area contributed by atoms with E-state index in [-0.39, 0.29) is 12.3 Å². The van der Waals surface area contributed by atoms with E-state index in [1.165, 1.54) is 0 Å². The Morgan fingerprint density at radius 2 is 1.31 bits per heavy atom. The molecule has 7 atom stereocenters. The molecule has 0 saturated carbocycles. The van der Waals surface area contributed by atoms with Crippen molar-refractivity contribution in [2.45, 2.75) is 117 Å². The van der Waals surface area contributed by atoms with Gasteiger partial charge in [-0.2, -0.15) is 0 Å². The predicted octanol–water partition coefficient (Wildman–Crippen LogP) is 1.89. The van der Waals surface area contributed by atoms with Crippen LogP contribution in [0.15, 0.2) is 30.3 Å².